The molecule has 0 aliphatic heterocycles. The number of benzene rings is 1. The van der Waals surface area contributed by atoms with Gasteiger partial charge in [0.2, 0.25) is 11.8 Å². The second-order valence-electron chi connectivity index (χ2n) is 6.00. The number of carbonyl (C=O) groups excluding carboxylic acids is 2. The van der Waals surface area contributed by atoms with Crippen LogP contribution >= 0.6 is 11.6 Å². The summed E-state index contributed by atoms with van der Waals surface area (Å²) in [6.07, 6.45) is 2.30. The van der Waals surface area contributed by atoms with Gasteiger partial charge in [-0.15, -0.1) is 0 Å². The number of hydrogen-bond donors (Lipinski definition) is 2. The zero-order chi connectivity index (χ0) is 19.1. The number of amides is 2. The fourth-order valence-electron chi connectivity index (χ4n) is 2.38. The number of carbonyl (C=O) groups is 2. The Balaban J connectivity index is 1.90. The van der Waals surface area contributed by atoms with Crippen molar-refractivity contribution in [1.29, 1.82) is 0 Å². The highest BCUT2D eigenvalue weighted by Gasteiger charge is 2.20. The maximum atomic E-state index is 12.3. The molecule has 0 aliphatic carbocycles. The van der Waals surface area contributed by atoms with Crippen LogP contribution in [-0.2, 0) is 16.0 Å². The highest BCUT2D eigenvalue weighted by Crippen LogP contribution is 2.15. The maximum Gasteiger partial charge on any atom is 0.242 e. The van der Waals surface area contributed by atoms with Crippen LogP contribution in [0.15, 0.2) is 42.6 Å². The average molecular weight is 375 g/mol. The molecular weight excluding hydrogens is 352 g/mol. The summed E-state index contributed by atoms with van der Waals surface area (Å²) in [7, 11) is 1.73. The second-order valence-corrected chi connectivity index (χ2v) is 6.44. The van der Waals surface area contributed by atoms with Crippen LogP contribution in [-0.4, -0.2) is 41.3 Å². The molecule has 0 saturated heterocycles. The van der Waals surface area contributed by atoms with E-state index in [2.05, 4.69) is 15.6 Å². The minimum Gasteiger partial charge on any atom is -0.325 e. The van der Waals surface area contributed by atoms with Gasteiger partial charge in [-0.25, -0.2) is 4.98 Å². The summed E-state index contributed by atoms with van der Waals surface area (Å²) >= 11 is 5.78. The van der Waals surface area contributed by atoms with E-state index < -0.39 is 6.04 Å². The molecule has 26 heavy (non-hydrogen) atoms. The van der Waals surface area contributed by atoms with Crippen LogP contribution in [0.3, 0.4) is 0 Å². The quantitative estimate of drug-likeness (QED) is 0.780. The molecule has 1 atom stereocenters. The third kappa shape index (κ3) is 5.54. The third-order valence-electron chi connectivity index (χ3n) is 4.08. The number of aryl methyl sites for hydroxylation is 1. The van der Waals surface area contributed by atoms with Crippen LogP contribution in [0.4, 0.5) is 11.5 Å². The predicted octanol–water partition coefficient (Wildman–Crippen LogP) is 3.19. The fourth-order valence-corrected chi connectivity index (χ4v) is 2.50. The minimum atomic E-state index is -0.500. The Hall–Kier alpha value is -2.44. The minimum absolute atomic E-state index is 0.0979. The monoisotopic (exact) mass is 374 g/mol. The van der Waals surface area contributed by atoms with E-state index in [-0.39, 0.29) is 18.4 Å². The Bertz CT molecular complexity index is 764. The van der Waals surface area contributed by atoms with Crippen molar-refractivity contribution < 1.29 is 9.59 Å². The van der Waals surface area contributed by atoms with Crippen LogP contribution in [0.1, 0.15) is 19.4 Å². The molecule has 0 fully saturated rings. The lowest BCUT2D eigenvalue weighted by atomic mass is 10.1. The molecule has 1 aromatic heterocycles. The largest absolute Gasteiger partial charge is 0.325 e. The second kappa shape index (κ2) is 9.31. The molecule has 1 heterocycles. The summed E-state index contributed by atoms with van der Waals surface area (Å²) in [5.41, 5.74) is 1.87. The number of halogens is 1. The Morgan fingerprint density at radius 1 is 1.19 bits per heavy atom. The Morgan fingerprint density at radius 3 is 2.58 bits per heavy atom. The Kier molecular flexibility index (Phi) is 7.12. The lowest BCUT2D eigenvalue weighted by Gasteiger charge is -2.23. The molecule has 0 bridgehead atoms. The van der Waals surface area contributed by atoms with Crippen molar-refractivity contribution in [3.05, 3.63) is 53.2 Å². The van der Waals surface area contributed by atoms with Gasteiger partial charge in [0.15, 0.2) is 0 Å². The normalized spacial score (nSPS) is 11.9. The van der Waals surface area contributed by atoms with E-state index in [1.165, 1.54) is 6.20 Å². The van der Waals surface area contributed by atoms with Crippen LogP contribution in [0, 0.1) is 0 Å². The van der Waals surface area contributed by atoms with Gasteiger partial charge in [0.1, 0.15) is 5.82 Å². The lowest BCUT2D eigenvalue weighted by molar-refractivity contribution is -0.122. The average Bonchev–Trinajstić information content (AvgIpc) is 2.63. The van der Waals surface area contributed by atoms with Gasteiger partial charge in [0, 0.05) is 11.9 Å². The molecular formula is C19H23ClN4O2. The first-order valence-corrected chi connectivity index (χ1v) is 8.79. The molecule has 2 N–H and O–H groups in total. The van der Waals surface area contributed by atoms with E-state index in [1.807, 2.05) is 31.2 Å². The third-order valence-corrected chi connectivity index (χ3v) is 4.31. The van der Waals surface area contributed by atoms with E-state index in [9.17, 15) is 9.59 Å². The lowest BCUT2D eigenvalue weighted by Crippen LogP contribution is -2.43. The predicted molar refractivity (Wildman–Crippen MR) is 104 cm³/mol. The van der Waals surface area contributed by atoms with Crippen LogP contribution < -0.4 is 10.6 Å². The number of nitrogens with zero attached hydrogens (tertiary/aromatic N) is 2. The molecule has 1 unspecified atom stereocenters. The number of para-hydroxylation sites is 1. The number of aromatic nitrogens is 1. The summed E-state index contributed by atoms with van der Waals surface area (Å²) < 4.78 is 0. The van der Waals surface area contributed by atoms with Crippen molar-refractivity contribution in [2.45, 2.75) is 26.3 Å². The highest BCUT2D eigenvalue weighted by atomic mass is 35.5. The van der Waals surface area contributed by atoms with Gasteiger partial charge in [0.05, 0.1) is 17.6 Å². The van der Waals surface area contributed by atoms with Gasteiger partial charge >= 0.3 is 0 Å². The van der Waals surface area contributed by atoms with E-state index >= 15 is 0 Å². The van der Waals surface area contributed by atoms with Gasteiger partial charge in [-0.3, -0.25) is 14.5 Å². The molecule has 138 valence electrons. The summed E-state index contributed by atoms with van der Waals surface area (Å²) in [5.74, 6) is 0.00252. The SMILES string of the molecule is CCc1ccccc1NC(=O)CN(C)C(C)C(=O)Nc1ccc(Cl)cn1. The number of hydrogen-bond acceptors (Lipinski definition) is 4. The van der Waals surface area contributed by atoms with Crippen molar-refractivity contribution >= 4 is 34.9 Å². The summed E-state index contributed by atoms with van der Waals surface area (Å²) in [4.78, 5) is 30.3. The number of nitrogens with one attached hydrogen (secondary N) is 2. The van der Waals surface area contributed by atoms with E-state index in [4.69, 9.17) is 11.6 Å². The first-order valence-electron chi connectivity index (χ1n) is 8.41. The van der Waals surface area contributed by atoms with Crippen molar-refractivity contribution in [3.63, 3.8) is 0 Å². The Labute approximate surface area is 158 Å². The first kappa shape index (κ1) is 19.9. The number of anilines is 2. The number of likely N-dealkylation sites (N-methyl/N-ethyl adjacent to an activating group) is 1. The standard InChI is InChI=1S/C19H23ClN4O2/c1-4-14-7-5-6-8-16(14)22-18(25)12-24(3)13(2)19(26)23-17-10-9-15(20)11-21-17/h5-11,13H,4,12H2,1-3H3,(H,22,25)(H,21,23,26). The smallest absolute Gasteiger partial charge is 0.242 e. The number of pyridine rings is 1. The zero-order valence-electron chi connectivity index (χ0n) is 15.1. The van der Waals surface area contributed by atoms with Gasteiger partial charge in [-0.05, 0) is 44.2 Å². The molecule has 0 aliphatic rings. The van der Waals surface area contributed by atoms with Gasteiger partial charge in [-0.1, -0.05) is 36.7 Å². The van der Waals surface area contributed by atoms with Crippen LogP contribution in [0.2, 0.25) is 5.02 Å². The topological polar surface area (TPSA) is 74.3 Å². The van der Waals surface area contributed by atoms with Gasteiger partial charge in [-0.2, -0.15) is 0 Å². The zero-order valence-corrected chi connectivity index (χ0v) is 15.9. The molecule has 2 rings (SSSR count). The van der Waals surface area contributed by atoms with Crippen molar-refractivity contribution in [1.82, 2.24) is 9.88 Å². The summed E-state index contributed by atoms with van der Waals surface area (Å²) in [6, 6.07) is 10.5. The van der Waals surface area contributed by atoms with E-state index in [0.717, 1.165) is 17.7 Å². The molecule has 2 amide bonds. The molecule has 0 radical (unpaired) electrons. The molecule has 0 spiro atoms. The summed E-state index contributed by atoms with van der Waals surface area (Å²) in [6.45, 7) is 3.87. The molecule has 6 nitrogen and oxygen atoms in total. The molecule has 1 aromatic carbocycles. The molecule has 2 aromatic rings. The van der Waals surface area contributed by atoms with Crippen molar-refractivity contribution in [3.8, 4) is 0 Å². The molecule has 0 saturated carbocycles. The van der Waals surface area contributed by atoms with Crippen LogP contribution in [0.5, 0.6) is 0 Å². The Morgan fingerprint density at radius 2 is 1.92 bits per heavy atom. The number of rotatable bonds is 7. The van der Waals surface area contributed by atoms with Crippen LogP contribution in [0.25, 0.3) is 0 Å². The van der Waals surface area contributed by atoms with Crippen molar-refractivity contribution in [2.24, 2.45) is 0 Å². The highest BCUT2D eigenvalue weighted by molar-refractivity contribution is 6.30. The summed E-state index contributed by atoms with van der Waals surface area (Å²) in [5, 5.41) is 6.11. The molecule has 7 heteroatoms. The van der Waals surface area contributed by atoms with Crippen molar-refractivity contribution in [2.75, 3.05) is 24.2 Å². The fraction of sp³-hybridized carbons (Fsp3) is 0.316. The van der Waals surface area contributed by atoms with E-state index in [0.29, 0.717) is 10.8 Å². The van der Waals surface area contributed by atoms with E-state index in [1.54, 1.807) is 31.0 Å². The van der Waals surface area contributed by atoms with Gasteiger partial charge in [0.25, 0.3) is 0 Å². The maximum absolute atomic E-state index is 12.3. The first-order chi connectivity index (χ1) is 12.4. The van der Waals surface area contributed by atoms with Gasteiger partial charge < -0.3 is 10.6 Å².